The number of carbonyl (C=O) groups is 1. The van der Waals surface area contributed by atoms with Crippen LogP contribution in [0.4, 0.5) is 10.1 Å². The summed E-state index contributed by atoms with van der Waals surface area (Å²) in [4.78, 5) is 12.4. The minimum Gasteiger partial charge on any atom is -0.497 e. The fourth-order valence-corrected chi connectivity index (χ4v) is 1.95. The molecule has 4 nitrogen and oxygen atoms in total. The van der Waals surface area contributed by atoms with Gasteiger partial charge in [0.2, 0.25) is 0 Å². The minimum absolute atomic E-state index is 0.343. The maximum Gasteiger partial charge on any atom is 0.259 e. The first-order valence-electron chi connectivity index (χ1n) is 6.34. The van der Waals surface area contributed by atoms with Crippen molar-refractivity contribution < 1.29 is 18.7 Å². The number of anilines is 1. The maximum atomic E-state index is 13.1. The van der Waals surface area contributed by atoms with Crippen LogP contribution in [0.1, 0.15) is 15.9 Å². The highest BCUT2D eigenvalue weighted by Crippen LogP contribution is 2.25. The second-order valence-corrected chi connectivity index (χ2v) is 4.48. The molecule has 0 atom stereocenters. The van der Waals surface area contributed by atoms with Gasteiger partial charge < -0.3 is 14.8 Å². The van der Waals surface area contributed by atoms with Gasteiger partial charge in [0.25, 0.3) is 5.91 Å². The lowest BCUT2D eigenvalue weighted by molar-refractivity contribution is 0.102. The van der Waals surface area contributed by atoms with Gasteiger partial charge >= 0.3 is 0 Å². The second kappa shape index (κ2) is 6.26. The Bertz CT molecular complexity index is 671. The summed E-state index contributed by atoms with van der Waals surface area (Å²) >= 11 is 0. The number of methoxy groups -OCH3 is 2. The molecule has 0 aliphatic carbocycles. The summed E-state index contributed by atoms with van der Waals surface area (Å²) in [5.41, 5.74) is 1.54. The molecule has 0 saturated heterocycles. The fourth-order valence-electron chi connectivity index (χ4n) is 1.95. The first-order valence-corrected chi connectivity index (χ1v) is 6.34. The third-order valence-electron chi connectivity index (χ3n) is 3.09. The number of hydrogen-bond donors (Lipinski definition) is 1. The Morgan fingerprint density at radius 1 is 1.10 bits per heavy atom. The number of hydrogen-bond acceptors (Lipinski definition) is 3. The highest BCUT2D eigenvalue weighted by atomic mass is 19.1. The SMILES string of the molecule is COc1ccc(OC)c(C(=O)Nc2ccc(F)cc2C)c1. The third-order valence-corrected chi connectivity index (χ3v) is 3.09. The number of amides is 1. The van der Waals surface area contributed by atoms with Crippen molar-refractivity contribution >= 4 is 11.6 Å². The number of halogens is 1. The van der Waals surface area contributed by atoms with Crippen molar-refractivity contribution in [1.29, 1.82) is 0 Å². The quantitative estimate of drug-likeness (QED) is 0.938. The summed E-state index contributed by atoms with van der Waals surface area (Å²) < 4.78 is 23.4. The topological polar surface area (TPSA) is 47.6 Å². The zero-order chi connectivity index (χ0) is 15.4. The van der Waals surface area contributed by atoms with Crippen LogP contribution in [0.2, 0.25) is 0 Å². The van der Waals surface area contributed by atoms with Crippen molar-refractivity contribution in [1.82, 2.24) is 0 Å². The predicted molar refractivity (Wildman–Crippen MR) is 78.6 cm³/mol. The van der Waals surface area contributed by atoms with E-state index in [1.54, 1.807) is 25.1 Å². The average molecular weight is 289 g/mol. The first-order chi connectivity index (χ1) is 10.0. The molecule has 0 bridgehead atoms. The minimum atomic E-state index is -0.347. The highest BCUT2D eigenvalue weighted by molar-refractivity contribution is 6.06. The molecule has 110 valence electrons. The van der Waals surface area contributed by atoms with Crippen LogP contribution in [-0.2, 0) is 0 Å². The normalized spacial score (nSPS) is 10.1. The largest absolute Gasteiger partial charge is 0.497 e. The molecule has 2 aromatic carbocycles. The molecule has 0 aromatic heterocycles. The number of ether oxygens (including phenoxy) is 2. The maximum absolute atomic E-state index is 13.1. The lowest BCUT2D eigenvalue weighted by Gasteiger charge is -2.12. The standard InChI is InChI=1S/C16H16FNO3/c1-10-8-11(17)4-6-14(10)18-16(19)13-9-12(20-2)5-7-15(13)21-3/h4-9H,1-3H3,(H,18,19). The van der Waals surface area contributed by atoms with Crippen molar-refractivity contribution in [3.05, 3.63) is 53.3 Å². The fraction of sp³-hybridized carbons (Fsp3) is 0.188. The number of nitrogens with one attached hydrogen (secondary N) is 1. The van der Waals surface area contributed by atoms with E-state index in [4.69, 9.17) is 9.47 Å². The Kier molecular flexibility index (Phi) is 4.42. The zero-order valence-corrected chi connectivity index (χ0v) is 12.1. The molecule has 0 saturated carbocycles. The first kappa shape index (κ1) is 14.8. The summed E-state index contributed by atoms with van der Waals surface area (Å²) in [7, 11) is 3.01. The van der Waals surface area contributed by atoms with Gasteiger partial charge in [-0.1, -0.05) is 0 Å². The molecule has 5 heteroatoms. The van der Waals surface area contributed by atoms with Crippen LogP contribution in [0.15, 0.2) is 36.4 Å². The van der Waals surface area contributed by atoms with Crippen molar-refractivity contribution in [2.45, 2.75) is 6.92 Å². The summed E-state index contributed by atoms with van der Waals surface area (Å²) in [6, 6.07) is 9.14. The van der Waals surface area contributed by atoms with Gasteiger partial charge in [-0.2, -0.15) is 0 Å². The summed E-state index contributed by atoms with van der Waals surface area (Å²) in [5, 5.41) is 2.74. The van der Waals surface area contributed by atoms with E-state index in [1.165, 1.54) is 32.4 Å². The molecule has 0 aliphatic rings. The van der Waals surface area contributed by atoms with Gasteiger partial charge in [-0.25, -0.2) is 4.39 Å². The Morgan fingerprint density at radius 3 is 2.48 bits per heavy atom. The van der Waals surface area contributed by atoms with Gasteiger partial charge in [-0.05, 0) is 48.9 Å². The van der Waals surface area contributed by atoms with Gasteiger partial charge in [-0.15, -0.1) is 0 Å². The Morgan fingerprint density at radius 2 is 1.86 bits per heavy atom. The molecular formula is C16H16FNO3. The average Bonchev–Trinajstić information content (AvgIpc) is 2.49. The molecular weight excluding hydrogens is 273 g/mol. The molecule has 0 spiro atoms. The summed E-state index contributed by atoms with van der Waals surface area (Å²) in [6.45, 7) is 1.72. The van der Waals surface area contributed by atoms with Crippen LogP contribution in [0, 0.1) is 12.7 Å². The Labute approximate surface area is 122 Å². The van der Waals surface area contributed by atoms with Gasteiger partial charge in [0.15, 0.2) is 0 Å². The van der Waals surface area contributed by atoms with E-state index < -0.39 is 0 Å². The van der Waals surface area contributed by atoms with Gasteiger partial charge in [0, 0.05) is 5.69 Å². The summed E-state index contributed by atoms with van der Waals surface area (Å²) in [6.07, 6.45) is 0. The van der Waals surface area contributed by atoms with E-state index in [1.807, 2.05) is 0 Å². The van der Waals surface area contributed by atoms with E-state index in [0.29, 0.717) is 28.3 Å². The molecule has 0 heterocycles. The van der Waals surface area contributed by atoms with Crippen molar-refractivity contribution in [3.8, 4) is 11.5 Å². The number of carbonyl (C=O) groups excluding carboxylic acids is 1. The van der Waals surface area contributed by atoms with E-state index in [9.17, 15) is 9.18 Å². The summed E-state index contributed by atoms with van der Waals surface area (Å²) in [5.74, 6) is 0.301. The number of aryl methyl sites for hydroxylation is 1. The van der Waals surface area contributed by atoms with E-state index in [0.717, 1.165) is 0 Å². The van der Waals surface area contributed by atoms with Crippen LogP contribution < -0.4 is 14.8 Å². The molecule has 21 heavy (non-hydrogen) atoms. The van der Waals surface area contributed by atoms with Crippen molar-refractivity contribution in [2.75, 3.05) is 19.5 Å². The van der Waals surface area contributed by atoms with E-state index >= 15 is 0 Å². The number of benzene rings is 2. The Hall–Kier alpha value is -2.56. The smallest absolute Gasteiger partial charge is 0.259 e. The van der Waals surface area contributed by atoms with Crippen LogP contribution in [0.25, 0.3) is 0 Å². The second-order valence-electron chi connectivity index (χ2n) is 4.48. The van der Waals surface area contributed by atoms with Gasteiger partial charge in [0.05, 0.1) is 19.8 Å². The van der Waals surface area contributed by atoms with Crippen LogP contribution in [-0.4, -0.2) is 20.1 Å². The molecule has 1 amide bonds. The Balaban J connectivity index is 2.31. The van der Waals surface area contributed by atoms with Gasteiger partial charge in [-0.3, -0.25) is 4.79 Å². The molecule has 0 aliphatic heterocycles. The molecule has 2 aromatic rings. The highest BCUT2D eigenvalue weighted by Gasteiger charge is 2.14. The van der Waals surface area contributed by atoms with Crippen LogP contribution >= 0.6 is 0 Å². The number of rotatable bonds is 4. The van der Waals surface area contributed by atoms with Gasteiger partial charge in [0.1, 0.15) is 17.3 Å². The third kappa shape index (κ3) is 3.31. The molecule has 0 fully saturated rings. The predicted octanol–water partition coefficient (Wildman–Crippen LogP) is 3.40. The molecule has 0 unspecified atom stereocenters. The van der Waals surface area contributed by atoms with Crippen molar-refractivity contribution in [3.63, 3.8) is 0 Å². The van der Waals surface area contributed by atoms with Crippen LogP contribution in [0.3, 0.4) is 0 Å². The molecule has 1 N–H and O–H groups in total. The zero-order valence-electron chi connectivity index (χ0n) is 12.1. The lowest BCUT2D eigenvalue weighted by atomic mass is 10.1. The van der Waals surface area contributed by atoms with E-state index in [-0.39, 0.29) is 11.7 Å². The monoisotopic (exact) mass is 289 g/mol. The molecule has 0 radical (unpaired) electrons. The van der Waals surface area contributed by atoms with E-state index in [2.05, 4.69) is 5.32 Å². The molecule has 2 rings (SSSR count). The lowest BCUT2D eigenvalue weighted by Crippen LogP contribution is -2.14. The van der Waals surface area contributed by atoms with Crippen LogP contribution in [0.5, 0.6) is 11.5 Å². The van der Waals surface area contributed by atoms with Crippen molar-refractivity contribution in [2.24, 2.45) is 0 Å².